The van der Waals surface area contributed by atoms with E-state index in [0.717, 1.165) is 22.3 Å². The van der Waals surface area contributed by atoms with Crippen molar-refractivity contribution in [1.29, 1.82) is 0 Å². The van der Waals surface area contributed by atoms with Crippen molar-refractivity contribution in [3.8, 4) is 0 Å². The fourth-order valence-corrected chi connectivity index (χ4v) is 1.81. The van der Waals surface area contributed by atoms with Crippen molar-refractivity contribution in [3.05, 3.63) is 23.5 Å². The van der Waals surface area contributed by atoms with E-state index >= 15 is 0 Å². The standard InChI is InChI=1S/C13H20N4O/c1-9(2)8-18-15-7-11-5-12-10(3)16-17(4)13(12)14-6-11/h5-6,9,15H,7-8H2,1-4H3. The van der Waals surface area contributed by atoms with Gasteiger partial charge < -0.3 is 4.84 Å². The van der Waals surface area contributed by atoms with Crippen molar-refractivity contribution in [2.24, 2.45) is 13.0 Å². The maximum atomic E-state index is 5.35. The number of aromatic nitrogens is 3. The highest BCUT2D eigenvalue weighted by molar-refractivity contribution is 5.78. The summed E-state index contributed by atoms with van der Waals surface area (Å²) in [5.74, 6) is 0.527. The van der Waals surface area contributed by atoms with Crippen LogP contribution in [0.5, 0.6) is 0 Å². The van der Waals surface area contributed by atoms with E-state index in [1.165, 1.54) is 0 Å². The van der Waals surface area contributed by atoms with Gasteiger partial charge in [-0.1, -0.05) is 13.8 Å². The van der Waals surface area contributed by atoms with E-state index < -0.39 is 0 Å². The normalized spacial score (nSPS) is 11.6. The first kappa shape index (κ1) is 13.0. The summed E-state index contributed by atoms with van der Waals surface area (Å²) in [4.78, 5) is 9.77. The summed E-state index contributed by atoms with van der Waals surface area (Å²) in [7, 11) is 1.91. The molecule has 2 heterocycles. The van der Waals surface area contributed by atoms with Gasteiger partial charge in [-0.3, -0.25) is 4.68 Å². The van der Waals surface area contributed by atoms with Gasteiger partial charge in [-0.25, -0.2) is 4.98 Å². The first-order valence-electron chi connectivity index (χ1n) is 6.21. The zero-order chi connectivity index (χ0) is 13.1. The third-order valence-electron chi connectivity index (χ3n) is 2.71. The molecule has 0 saturated heterocycles. The largest absolute Gasteiger partial charge is 0.301 e. The van der Waals surface area contributed by atoms with Gasteiger partial charge in [-0.15, -0.1) is 0 Å². The fourth-order valence-electron chi connectivity index (χ4n) is 1.81. The maximum Gasteiger partial charge on any atom is 0.157 e. The second-order valence-electron chi connectivity index (χ2n) is 4.95. The molecule has 0 unspecified atom stereocenters. The van der Waals surface area contributed by atoms with Gasteiger partial charge >= 0.3 is 0 Å². The van der Waals surface area contributed by atoms with Crippen molar-refractivity contribution < 1.29 is 4.84 Å². The average Bonchev–Trinajstić information content (AvgIpc) is 2.60. The lowest BCUT2D eigenvalue weighted by Gasteiger charge is -2.07. The number of hydrogen-bond acceptors (Lipinski definition) is 4. The van der Waals surface area contributed by atoms with Crippen LogP contribution in [0, 0.1) is 12.8 Å². The SMILES string of the molecule is Cc1nn(C)c2ncc(CNOCC(C)C)cc12. The molecule has 0 aliphatic rings. The Morgan fingerprint density at radius 1 is 1.44 bits per heavy atom. The predicted octanol–water partition coefficient (Wildman–Crippen LogP) is 1.95. The third-order valence-corrected chi connectivity index (χ3v) is 2.71. The molecule has 0 spiro atoms. The zero-order valence-electron chi connectivity index (χ0n) is 11.4. The van der Waals surface area contributed by atoms with Gasteiger partial charge in [0, 0.05) is 25.2 Å². The Bertz CT molecular complexity index is 533. The molecule has 0 fully saturated rings. The minimum Gasteiger partial charge on any atom is -0.301 e. The first-order valence-corrected chi connectivity index (χ1v) is 6.21. The molecule has 18 heavy (non-hydrogen) atoms. The van der Waals surface area contributed by atoms with Crippen LogP contribution in [0.4, 0.5) is 0 Å². The Kier molecular flexibility index (Phi) is 3.93. The molecular weight excluding hydrogens is 228 g/mol. The predicted molar refractivity (Wildman–Crippen MR) is 70.9 cm³/mol. The van der Waals surface area contributed by atoms with E-state index in [-0.39, 0.29) is 0 Å². The van der Waals surface area contributed by atoms with Gasteiger partial charge in [0.2, 0.25) is 0 Å². The van der Waals surface area contributed by atoms with Crippen molar-refractivity contribution in [3.63, 3.8) is 0 Å². The smallest absolute Gasteiger partial charge is 0.157 e. The van der Waals surface area contributed by atoms with Crippen LogP contribution in [-0.2, 0) is 18.4 Å². The number of nitrogens with one attached hydrogen (secondary N) is 1. The summed E-state index contributed by atoms with van der Waals surface area (Å²) in [6.07, 6.45) is 1.86. The summed E-state index contributed by atoms with van der Waals surface area (Å²) in [5, 5.41) is 5.45. The van der Waals surface area contributed by atoms with E-state index in [1.807, 2.05) is 20.2 Å². The van der Waals surface area contributed by atoms with Crippen LogP contribution in [0.1, 0.15) is 25.1 Å². The van der Waals surface area contributed by atoms with Crippen LogP contribution in [0.3, 0.4) is 0 Å². The second kappa shape index (κ2) is 5.46. The van der Waals surface area contributed by atoms with Crippen molar-refractivity contribution in [2.75, 3.05) is 6.61 Å². The molecule has 2 rings (SSSR count). The molecule has 0 saturated carbocycles. The number of aryl methyl sites for hydroxylation is 2. The fraction of sp³-hybridized carbons (Fsp3) is 0.538. The molecule has 98 valence electrons. The van der Waals surface area contributed by atoms with Gasteiger partial charge in [0.15, 0.2) is 5.65 Å². The molecule has 0 radical (unpaired) electrons. The summed E-state index contributed by atoms with van der Waals surface area (Å²) < 4.78 is 1.80. The number of hydrogen-bond donors (Lipinski definition) is 1. The topological polar surface area (TPSA) is 52.0 Å². The van der Waals surface area contributed by atoms with Crippen molar-refractivity contribution in [2.45, 2.75) is 27.3 Å². The van der Waals surface area contributed by atoms with Crippen LogP contribution >= 0.6 is 0 Å². The number of fused-ring (bicyclic) bond motifs is 1. The average molecular weight is 248 g/mol. The molecule has 5 heteroatoms. The number of rotatable bonds is 5. The van der Waals surface area contributed by atoms with E-state index in [4.69, 9.17) is 4.84 Å². The molecule has 0 aliphatic heterocycles. The van der Waals surface area contributed by atoms with Crippen LogP contribution in [0.2, 0.25) is 0 Å². The Morgan fingerprint density at radius 2 is 2.22 bits per heavy atom. The summed E-state index contributed by atoms with van der Waals surface area (Å²) in [6.45, 7) is 7.60. The highest BCUT2D eigenvalue weighted by Gasteiger charge is 2.06. The molecular formula is C13H20N4O. The highest BCUT2D eigenvalue weighted by Crippen LogP contribution is 2.16. The maximum absolute atomic E-state index is 5.35. The van der Waals surface area contributed by atoms with Gasteiger partial charge in [0.1, 0.15) is 0 Å². The highest BCUT2D eigenvalue weighted by atomic mass is 16.6. The lowest BCUT2D eigenvalue weighted by Crippen LogP contribution is -2.17. The Morgan fingerprint density at radius 3 is 2.94 bits per heavy atom. The molecule has 1 N–H and O–H groups in total. The zero-order valence-corrected chi connectivity index (χ0v) is 11.4. The molecule has 0 aromatic carbocycles. The van der Waals surface area contributed by atoms with E-state index in [9.17, 15) is 0 Å². The summed E-state index contributed by atoms with van der Waals surface area (Å²) in [5.41, 5.74) is 5.98. The lowest BCUT2D eigenvalue weighted by molar-refractivity contribution is 0.0196. The molecule has 0 atom stereocenters. The second-order valence-corrected chi connectivity index (χ2v) is 4.95. The van der Waals surface area contributed by atoms with E-state index in [1.54, 1.807) is 4.68 Å². The molecule has 5 nitrogen and oxygen atoms in total. The number of nitrogens with zero attached hydrogens (tertiary/aromatic N) is 3. The van der Waals surface area contributed by atoms with Gasteiger partial charge in [0.05, 0.1) is 12.3 Å². The van der Waals surface area contributed by atoms with E-state index in [0.29, 0.717) is 19.1 Å². The Hall–Kier alpha value is -1.46. The van der Waals surface area contributed by atoms with Gasteiger partial charge in [-0.05, 0) is 24.5 Å². The van der Waals surface area contributed by atoms with Gasteiger partial charge in [-0.2, -0.15) is 10.6 Å². The number of hydroxylamine groups is 1. The van der Waals surface area contributed by atoms with Gasteiger partial charge in [0.25, 0.3) is 0 Å². The van der Waals surface area contributed by atoms with E-state index in [2.05, 4.69) is 35.5 Å². The summed E-state index contributed by atoms with van der Waals surface area (Å²) >= 11 is 0. The Balaban J connectivity index is 2.04. The Labute approximate surface area is 107 Å². The van der Waals surface area contributed by atoms with Crippen molar-refractivity contribution >= 4 is 11.0 Å². The minimum atomic E-state index is 0.527. The van der Waals surface area contributed by atoms with Crippen LogP contribution in [0.15, 0.2) is 12.3 Å². The summed E-state index contributed by atoms with van der Waals surface area (Å²) in [6, 6.07) is 2.11. The monoisotopic (exact) mass is 248 g/mol. The van der Waals surface area contributed by atoms with Crippen molar-refractivity contribution in [1.82, 2.24) is 20.2 Å². The van der Waals surface area contributed by atoms with Crippen LogP contribution in [0.25, 0.3) is 11.0 Å². The molecule has 0 bridgehead atoms. The molecule has 0 amide bonds. The first-order chi connectivity index (χ1) is 8.58. The molecule has 2 aromatic heterocycles. The molecule has 0 aliphatic carbocycles. The number of pyridine rings is 1. The third kappa shape index (κ3) is 2.86. The lowest BCUT2D eigenvalue weighted by atomic mass is 10.2. The quantitative estimate of drug-likeness (QED) is 0.649. The van der Waals surface area contributed by atoms with Crippen LogP contribution in [-0.4, -0.2) is 21.4 Å². The minimum absolute atomic E-state index is 0.527. The molecule has 2 aromatic rings. The van der Waals surface area contributed by atoms with Crippen LogP contribution < -0.4 is 5.48 Å².